The van der Waals surface area contributed by atoms with Crippen LogP contribution in [0.3, 0.4) is 0 Å². The van der Waals surface area contributed by atoms with Crippen LogP contribution < -0.4 is 0 Å². The van der Waals surface area contributed by atoms with E-state index in [-0.39, 0.29) is 0 Å². The summed E-state index contributed by atoms with van der Waals surface area (Å²) in [4.78, 5) is 5.29. The highest BCUT2D eigenvalue weighted by atomic mass is 15.2. The molecule has 2 aliphatic heterocycles. The summed E-state index contributed by atoms with van der Waals surface area (Å²) in [6, 6.07) is 0.857. The Kier molecular flexibility index (Phi) is 5.35. The van der Waals surface area contributed by atoms with Gasteiger partial charge in [-0.3, -0.25) is 0 Å². The maximum Gasteiger partial charge on any atom is 0.0214 e. The minimum absolute atomic E-state index is 0.857. The predicted octanol–water partition coefficient (Wildman–Crippen LogP) is 2.35. The van der Waals surface area contributed by atoms with Gasteiger partial charge in [0.1, 0.15) is 0 Å². The van der Waals surface area contributed by atoms with Gasteiger partial charge in [0, 0.05) is 19.0 Å². The molecule has 17 heavy (non-hydrogen) atoms. The number of likely N-dealkylation sites (tertiary alicyclic amines) is 2. The Balaban J connectivity index is 1.72. The molecule has 2 heterocycles. The van der Waals surface area contributed by atoms with Gasteiger partial charge in [-0.2, -0.15) is 0 Å². The van der Waals surface area contributed by atoms with Crippen molar-refractivity contribution in [2.45, 2.75) is 51.0 Å². The van der Waals surface area contributed by atoms with E-state index in [9.17, 15) is 0 Å². The average molecular weight is 234 g/mol. The van der Waals surface area contributed by atoms with Crippen LogP contribution in [-0.4, -0.2) is 48.6 Å². The second-order valence-corrected chi connectivity index (χ2v) is 5.48. The Labute approximate surface area is 106 Å². The smallest absolute Gasteiger partial charge is 0.0214 e. The van der Waals surface area contributed by atoms with Crippen molar-refractivity contribution in [3.8, 4) is 12.3 Å². The van der Waals surface area contributed by atoms with Crippen LogP contribution >= 0.6 is 0 Å². The van der Waals surface area contributed by atoms with Crippen molar-refractivity contribution in [1.29, 1.82) is 0 Å². The van der Waals surface area contributed by atoms with Gasteiger partial charge in [0.05, 0.1) is 0 Å². The van der Waals surface area contributed by atoms with Gasteiger partial charge < -0.3 is 9.80 Å². The van der Waals surface area contributed by atoms with Crippen LogP contribution in [0.4, 0.5) is 0 Å². The molecule has 0 aromatic heterocycles. The van der Waals surface area contributed by atoms with E-state index in [4.69, 9.17) is 6.42 Å². The average Bonchev–Trinajstić information content (AvgIpc) is 2.66. The summed E-state index contributed by atoms with van der Waals surface area (Å²) >= 11 is 0. The third-order valence-electron chi connectivity index (χ3n) is 4.29. The Hall–Kier alpha value is -0.520. The first-order valence-corrected chi connectivity index (χ1v) is 7.30. The molecule has 2 fully saturated rings. The summed E-state index contributed by atoms with van der Waals surface area (Å²) < 4.78 is 0. The summed E-state index contributed by atoms with van der Waals surface area (Å²) in [5, 5.41) is 0. The van der Waals surface area contributed by atoms with Gasteiger partial charge >= 0.3 is 0 Å². The molecule has 2 saturated heterocycles. The van der Waals surface area contributed by atoms with Crippen LogP contribution in [-0.2, 0) is 0 Å². The topological polar surface area (TPSA) is 6.48 Å². The van der Waals surface area contributed by atoms with Crippen molar-refractivity contribution in [2.24, 2.45) is 0 Å². The van der Waals surface area contributed by atoms with Gasteiger partial charge in [-0.1, -0.05) is 12.8 Å². The largest absolute Gasteiger partial charge is 0.302 e. The van der Waals surface area contributed by atoms with Gasteiger partial charge in [-0.15, -0.1) is 12.3 Å². The van der Waals surface area contributed by atoms with E-state index in [0.717, 1.165) is 19.0 Å². The zero-order valence-corrected chi connectivity index (χ0v) is 11.0. The first-order chi connectivity index (χ1) is 8.40. The maximum absolute atomic E-state index is 5.32. The number of terminal acetylenes is 1. The van der Waals surface area contributed by atoms with E-state index in [0.29, 0.717) is 0 Å². The Bertz CT molecular complexity index is 240. The lowest BCUT2D eigenvalue weighted by Gasteiger charge is -2.38. The maximum atomic E-state index is 5.32. The second-order valence-electron chi connectivity index (χ2n) is 5.48. The molecular weight excluding hydrogens is 208 g/mol. The van der Waals surface area contributed by atoms with Crippen molar-refractivity contribution in [2.75, 3.05) is 32.7 Å². The Morgan fingerprint density at radius 3 is 2.18 bits per heavy atom. The van der Waals surface area contributed by atoms with E-state index in [1.165, 1.54) is 64.7 Å². The minimum atomic E-state index is 0.857. The fourth-order valence-corrected chi connectivity index (χ4v) is 3.19. The highest BCUT2D eigenvalue weighted by molar-refractivity contribution is 4.87. The normalized spacial score (nSPS) is 25.4. The monoisotopic (exact) mass is 234 g/mol. The number of nitrogens with zero attached hydrogens (tertiary/aromatic N) is 2. The van der Waals surface area contributed by atoms with Crippen LogP contribution in [0.2, 0.25) is 0 Å². The summed E-state index contributed by atoms with van der Waals surface area (Å²) in [7, 11) is 0. The van der Waals surface area contributed by atoms with Gasteiger partial charge in [0.25, 0.3) is 0 Å². The molecule has 2 nitrogen and oxygen atoms in total. The van der Waals surface area contributed by atoms with E-state index in [1.807, 2.05) is 0 Å². The van der Waals surface area contributed by atoms with E-state index in [1.54, 1.807) is 0 Å². The van der Waals surface area contributed by atoms with Gasteiger partial charge in [-0.05, 0) is 51.9 Å². The number of hydrogen-bond acceptors (Lipinski definition) is 2. The van der Waals surface area contributed by atoms with Gasteiger partial charge in [0.2, 0.25) is 0 Å². The third-order valence-corrected chi connectivity index (χ3v) is 4.29. The highest BCUT2D eigenvalue weighted by Crippen LogP contribution is 2.20. The van der Waals surface area contributed by atoms with Crippen molar-refractivity contribution in [3.05, 3.63) is 0 Å². The lowest BCUT2D eigenvalue weighted by Crippen LogP contribution is -2.45. The molecule has 0 aromatic carbocycles. The zero-order valence-electron chi connectivity index (χ0n) is 11.0. The lowest BCUT2D eigenvalue weighted by atomic mass is 10.0. The molecule has 0 bridgehead atoms. The Morgan fingerprint density at radius 2 is 1.59 bits per heavy atom. The molecule has 0 aliphatic carbocycles. The van der Waals surface area contributed by atoms with Crippen molar-refractivity contribution in [1.82, 2.24) is 9.80 Å². The molecule has 0 aromatic rings. The fraction of sp³-hybridized carbons (Fsp3) is 0.867. The summed E-state index contributed by atoms with van der Waals surface area (Å²) in [5.41, 5.74) is 0. The number of hydrogen-bond donors (Lipinski definition) is 0. The number of piperidine rings is 1. The van der Waals surface area contributed by atoms with Gasteiger partial charge in [-0.25, -0.2) is 0 Å². The van der Waals surface area contributed by atoms with Crippen LogP contribution in [0.15, 0.2) is 0 Å². The molecule has 2 heteroatoms. The lowest BCUT2D eigenvalue weighted by molar-refractivity contribution is 0.112. The van der Waals surface area contributed by atoms with Crippen LogP contribution in [0.5, 0.6) is 0 Å². The van der Waals surface area contributed by atoms with Crippen LogP contribution in [0.1, 0.15) is 44.9 Å². The molecule has 0 unspecified atom stereocenters. The molecule has 0 atom stereocenters. The highest BCUT2D eigenvalue weighted by Gasteiger charge is 2.24. The van der Waals surface area contributed by atoms with Crippen LogP contribution in [0.25, 0.3) is 0 Å². The van der Waals surface area contributed by atoms with Crippen molar-refractivity contribution >= 4 is 0 Å². The third kappa shape index (κ3) is 4.01. The molecule has 0 amide bonds. The molecule has 0 N–H and O–H groups in total. The quantitative estimate of drug-likeness (QED) is 0.692. The second kappa shape index (κ2) is 7.03. The number of rotatable bonds is 3. The summed E-state index contributed by atoms with van der Waals surface area (Å²) in [6.45, 7) is 6.29. The first kappa shape index (κ1) is 12.9. The first-order valence-electron chi connectivity index (χ1n) is 7.30. The molecule has 0 saturated carbocycles. The van der Waals surface area contributed by atoms with Crippen molar-refractivity contribution < 1.29 is 0 Å². The Morgan fingerprint density at radius 1 is 0.941 bits per heavy atom. The van der Waals surface area contributed by atoms with E-state index in [2.05, 4.69) is 15.7 Å². The van der Waals surface area contributed by atoms with E-state index < -0.39 is 0 Å². The molecule has 2 rings (SSSR count). The molecule has 0 radical (unpaired) electrons. The molecule has 96 valence electrons. The summed E-state index contributed by atoms with van der Waals surface area (Å²) in [5.74, 6) is 2.75. The molecule has 2 aliphatic rings. The van der Waals surface area contributed by atoms with Crippen molar-refractivity contribution in [3.63, 3.8) is 0 Å². The van der Waals surface area contributed by atoms with E-state index >= 15 is 0 Å². The standard InChI is InChI=1S/C15H26N2/c1-2-3-10-16-13-8-15(9-14-16)17-11-6-4-5-7-12-17/h1,15H,3-14H2. The zero-order chi connectivity index (χ0) is 11.9. The predicted molar refractivity (Wildman–Crippen MR) is 73.0 cm³/mol. The fourth-order valence-electron chi connectivity index (χ4n) is 3.19. The molecule has 0 spiro atoms. The SMILES string of the molecule is C#CCCN1CCC(N2CCCCCC2)CC1. The van der Waals surface area contributed by atoms with Gasteiger partial charge in [0.15, 0.2) is 0 Å². The minimum Gasteiger partial charge on any atom is -0.302 e. The summed E-state index contributed by atoms with van der Waals surface area (Å²) in [6.07, 6.45) is 14.6. The molecular formula is C15H26N2. The van der Waals surface area contributed by atoms with Crippen LogP contribution in [0, 0.1) is 12.3 Å².